The van der Waals surface area contributed by atoms with Gasteiger partial charge in [-0.2, -0.15) is 0 Å². The van der Waals surface area contributed by atoms with Crippen LogP contribution in [0.5, 0.6) is 11.5 Å². The van der Waals surface area contributed by atoms with Gasteiger partial charge in [-0.05, 0) is 50.1 Å². The van der Waals surface area contributed by atoms with Crippen molar-refractivity contribution in [1.29, 1.82) is 0 Å². The van der Waals surface area contributed by atoms with Gasteiger partial charge in [-0.3, -0.25) is 0 Å². The van der Waals surface area contributed by atoms with E-state index in [0.29, 0.717) is 11.6 Å². The number of rotatable bonds is 12. The van der Waals surface area contributed by atoms with E-state index in [-0.39, 0.29) is 6.61 Å². The van der Waals surface area contributed by atoms with Crippen LogP contribution < -0.4 is 9.47 Å². The second-order valence-electron chi connectivity index (χ2n) is 9.70. The van der Waals surface area contributed by atoms with Gasteiger partial charge in [-0.15, -0.1) is 0 Å². The molecule has 7 nitrogen and oxygen atoms in total. The summed E-state index contributed by atoms with van der Waals surface area (Å²) in [5.74, 6) is 0.544. The number of unbranched alkanes of at least 4 members (excludes halogenated alkanes) is 5. The van der Waals surface area contributed by atoms with Crippen molar-refractivity contribution in [2.24, 2.45) is 0 Å². The normalized spacial score (nSPS) is 16.5. The molecule has 2 aromatic carbocycles. The van der Waals surface area contributed by atoms with Crippen molar-refractivity contribution in [2.75, 3.05) is 13.2 Å². The Kier molecular flexibility index (Phi) is 9.25. The van der Waals surface area contributed by atoms with E-state index in [1.807, 2.05) is 30.3 Å². The zero-order chi connectivity index (χ0) is 26.1. The fourth-order valence-electron chi connectivity index (χ4n) is 4.13. The minimum absolute atomic E-state index is 0.169. The molecule has 1 saturated heterocycles. The van der Waals surface area contributed by atoms with Gasteiger partial charge in [0.05, 0.1) is 13.2 Å². The lowest BCUT2D eigenvalue weighted by Gasteiger charge is -2.16. The molecule has 0 spiro atoms. The Labute approximate surface area is 219 Å². The number of carbonyl (C=O) groups is 1. The first-order chi connectivity index (χ1) is 17.9. The van der Waals surface area contributed by atoms with Crippen LogP contribution in [0, 0.1) is 0 Å². The third kappa shape index (κ3) is 7.84. The van der Waals surface area contributed by atoms with Crippen molar-refractivity contribution < 1.29 is 23.7 Å². The molecule has 1 atom stereocenters. The number of aromatic nitrogens is 2. The number of nitrogens with zero attached hydrogens (tertiary/aromatic N) is 2. The lowest BCUT2D eigenvalue weighted by molar-refractivity contribution is -0.162. The van der Waals surface area contributed by atoms with E-state index in [4.69, 9.17) is 18.9 Å². The zero-order valence-electron chi connectivity index (χ0n) is 21.9. The number of ether oxygens (including phenoxy) is 4. The summed E-state index contributed by atoms with van der Waals surface area (Å²) < 4.78 is 22.4. The van der Waals surface area contributed by atoms with Gasteiger partial charge in [0.1, 0.15) is 11.5 Å². The van der Waals surface area contributed by atoms with Crippen molar-refractivity contribution in [2.45, 2.75) is 71.2 Å². The molecule has 1 aromatic heterocycles. The number of hydrogen-bond donors (Lipinski definition) is 0. The average molecular weight is 505 g/mol. The number of carbonyl (C=O) groups excluding carboxylic acids is 1. The van der Waals surface area contributed by atoms with Crippen molar-refractivity contribution in [1.82, 2.24) is 9.97 Å². The molecule has 0 amide bonds. The minimum atomic E-state index is -0.790. The topological polar surface area (TPSA) is 79.8 Å². The van der Waals surface area contributed by atoms with E-state index in [9.17, 15) is 4.79 Å². The van der Waals surface area contributed by atoms with Crippen molar-refractivity contribution >= 4 is 5.97 Å². The molecule has 1 aliphatic heterocycles. The Morgan fingerprint density at radius 3 is 2.35 bits per heavy atom. The number of esters is 1. The van der Waals surface area contributed by atoms with Gasteiger partial charge >= 0.3 is 5.97 Å². The van der Waals surface area contributed by atoms with E-state index < -0.39 is 17.9 Å². The van der Waals surface area contributed by atoms with Gasteiger partial charge in [0, 0.05) is 23.5 Å². The SMILES string of the molecule is CCCCCCCCOc1ccc(-c2cnc(-c3cccc(OC(=O)[C@@H]4COC(C)(C)O4)c3)nc2)cc1. The second kappa shape index (κ2) is 12.8. The van der Waals surface area contributed by atoms with Gasteiger partial charge in [0.25, 0.3) is 0 Å². The van der Waals surface area contributed by atoms with Crippen molar-refractivity contribution in [3.8, 4) is 34.0 Å². The molecule has 7 heteroatoms. The molecule has 0 aliphatic carbocycles. The van der Waals surface area contributed by atoms with Crippen LogP contribution in [0.25, 0.3) is 22.5 Å². The Balaban J connectivity index is 1.30. The molecule has 0 bridgehead atoms. The van der Waals surface area contributed by atoms with Gasteiger partial charge in [0.2, 0.25) is 0 Å². The molecule has 0 radical (unpaired) electrons. The first kappa shape index (κ1) is 26.8. The van der Waals surface area contributed by atoms with Crippen LogP contribution in [0.15, 0.2) is 60.9 Å². The zero-order valence-corrected chi connectivity index (χ0v) is 21.9. The lowest BCUT2D eigenvalue weighted by atomic mass is 10.1. The fourth-order valence-corrected chi connectivity index (χ4v) is 4.13. The Morgan fingerprint density at radius 1 is 0.919 bits per heavy atom. The molecule has 37 heavy (non-hydrogen) atoms. The van der Waals surface area contributed by atoms with E-state index in [0.717, 1.165) is 35.5 Å². The lowest BCUT2D eigenvalue weighted by Crippen LogP contribution is -2.30. The number of benzene rings is 2. The monoisotopic (exact) mass is 504 g/mol. The molecule has 3 aromatic rings. The maximum atomic E-state index is 12.4. The van der Waals surface area contributed by atoms with E-state index in [2.05, 4.69) is 16.9 Å². The third-order valence-corrected chi connectivity index (χ3v) is 6.19. The summed E-state index contributed by atoms with van der Waals surface area (Å²) in [6, 6.07) is 15.1. The smallest absolute Gasteiger partial charge is 0.343 e. The van der Waals surface area contributed by atoms with Crippen LogP contribution in [0.2, 0.25) is 0 Å². The van der Waals surface area contributed by atoms with Crippen LogP contribution in [0.4, 0.5) is 0 Å². The molecule has 1 fully saturated rings. The maximum absolute atomic E-state index is 12.4. The predicted octanol–water partition coefficient (Wildman–Crippen LogP) is 6.61. The highest BCUT2D eigenvalue weighted by Gasteiger charge is 2.38. The van der Waals surface area contributed by atoms with Gasteiger partial charge in [0.15, 0.2) is 17.7 Å². The summed E-state index contributed by atoms with van der Waals surface area (Å²) >= 11 is 0. The molecule has 0 saturated carbocycles. The minimum Gasteiger partial charge on any atom is -0.494 e. The first-order valence-corrected chi connectivity index (χ1v) is 13.1. The van der Waals surface area contributed by atoms with Crippen molar-refractivity contribution in [3.63, 3.8) is 0 Å². The molecule has 0 N–H and O–H groups in total. The highest BCUT2D eigenvalue weighted by atomic mass is 16.8. The average Bonchev–Trinajstić information content (AvgIpc) is 3.28. The quantitative estimate of drug-likeness (QED) is 0.156. The molecule has 2 heterocycles. The van der Waals surface area contributed by atoms with Gasteiger partial charge < -0.3 is 18.9 Å². The Hall–Kier alpha value is -3.29. The second-order valence-corrected chi connectivity index (χ2v) is 9.70. The molecule has 1 aliphatic rings. The standard InChI is InChI=1S/C30H36N2O5/c1-4-5-6-7-8-9-17-34-25-15-13-22(14-16-25)24-19-31-28(32-20-24)23-11-10-12-26(18-23)36-29(33)27-21-35-30(2,3)37-27/h10-16,18-20,27H,4-9,17,21H2,1-3H3/t27-/m0/s1. The molecule has 0 unspecified atom stereocenters. The highest BCUT2D eigenvalue weighted by molar-refractivity contribution is 5.78. The van der Waals surface area contributed by atoms with Crippen LogP contribution in [-0.4, -0.2) is 41.0 Å². The van der Waals surface area contributed by atoms with Crippen LogP contribution in [0.3, 0.4) is 0 Å². The fraction of sp³-hybridized carbons (Fsp3) is 0.433. The molecule has 4 rings (SSSR count). The summed E-state index contributed by atoms with van der Waals surface area (Å²) in [7, 11) is 0. The summed E-state index contributed by atoms with van der Waals surface area (Å²) in [6.07, 6.45) is 10.3. The Bertz CT molecular complexity index is 1150. The third-order valence-electron chi connectivity index (χ3n) is 6.19. The Morgan fingerprint density at radius 2 is 1.65 bits per heavy atom. The van der Waals surface area contributed by atoms with Gasteiger partial charge in [-0.25, -0.2) is 14.8 Å². The van der Waals surface area contributed by atoms with Crippen LogP contribution >= 0.6 is 0 Å². The molecular formula is C30H36N2O5. The van der Waals surface area contributed by atoms with Gasteiger partial charge in [-0.1, -0.05) is 63.3 Å². The largest absolute Gasteiger partial charge is 0.494 e. The summed E-state index contributed by atoms with van der Waals surface area (Å²) in [5, 5.41) is 0. The predicted molar refractivity (Wildman–Crippen MR) is 142 cm³/mol. The molecule has 196 valence electrons. The van der Waals surface area contributed by atoms with Crippen LogP contribution in [0.1, 0.15) is 59.3 Å². The number of hydrogen-bond acceptors (Lipinski definition) is 7. The van der Waals surface area contributed by atoms with Crippen LogP contribution in [-0.2, 0) is 14.3 Å². The van der Waals surface area contributed by atoms with E-state index in [1.165, 1.54) is 32.1 Å². The first-order valence-electron chi connectivity index (χ1n) is 13.1. The van der Waals surface area contributed by atoms with Crippen molar-refractivity contribution in [3.05, 3.63) is 60.9 Å². The molecular weight excluding hydrogens is 468 g/mol. The maximum Gasteiger partial charge on any atom is 0.343 e. The van der Waals surface area contributed by atoms with E-state index in [1.54, 1.807) is 44.4 Å². The highest BCUT2D eigenvalue weighted by Crippen LogP contribution is 2.27. The summed E-state index contributed by atoms with van der Waals surface area (Å²) in [5.41, 5.74) is 2.68. The van der Waals surface area contributed by atoms with E-state index >= 15 is 0 Å². The summed E-state index contributed by atoms with van der Waals surface area (Å²) in [6.45, 7) is 6.68. The summed E-state index contributed by atoms with van der Waals surface area (Å²) in [4.78, 5) is 21.5.